The molecule has 3 heteroatoms. The molecule has 1 aliphatic rings. The van der Waals surface area contributed by atoms with Crippen LogP contribution in [-0.2, 0) is 4.74 Å². The van der Waals surface area contributed by atoms with Gasteiger partial charge in [-0.1, -0.05) is 24.3 Å². The monoisotopic (exact) mass is 276 g/mol. The molecule has 1 atom stereocenters. The van der Waals surface area contributed by atoms with E-state index in [0.29, 0.717) is 6.04 Å². The van der Waals surface area contributed by atoms with Gasteiger partial charge >= 0.3 is 0 Å². The molecule has 1 N–H and O–H groups in total. The normalized spacial score (nSPS) is 19.1. The molecule has 1 saturated heterocycles. The third-order valence-electron chi connectivity index (χ3n) is 4.46. The third kappa shape index (κ3) is 4.05. The Morgan fingerprint density at radius 1 is 1.30 bits per heavy atom. The second kappa shape index (κ2) is 7.77. The Bertz CT molecular complexity index is 400. The van der Waals surface area contributed by atoms with E-state index in [9.17, 15) is 0 Å². The van der Waals surface area contributed by atoms with Crippen molar-refractivity contribution in [1.82, 2.24) is 10.2 Å². The zero-order chi connectivity index (χ0) is 14.4. The fourth-order valence-electron chi connectivity index (χ4n) is 3.15. The summed E-state index contributed by atoms with van der Waals surface area (Å²) in [6.07, 6.45) is 2.52. The molecule has 1 fully saturated rings. The first-order chi connectivity index (χ1) is 9.74. The largest absolute Gasteiger partial charge is 0.384 e. The van der Waals surface area contributed by atoms with E-state index in [-0.39, 0.29) is 0 Å². The number of hydrogen-bond donors (Lipinski definition) is 1. The number of nitrogens with zero attached hydrogens (tertiary/aromatic N) is 1. The van der Waals surface area contributed by atoms with Gasteiger partial charge in [0.25, 0.3) is 0 Å². The summed E-state index contributed by atoms with van der Waals surface area (Å²) in [7, 11) is 3.87. The number of nitrogens with one attached hydrogen (secondary N) is 1. The summed E-state index contributed by atoms with van der Waals surface area (Å²) in [5.74, 6) is 0.753. The second-order valence-electron chi connectivity index (χ2n) is 5.90. The van der Waals surface area contributed by atoms with Crippen LogP contribution in [0.3, 0.4) is 0 Å². The Labute approximate surface area is 123 Å². The zero-order valence-corrected chi connectivity index (χ0v) is 13.1. The number of piperidine rings is 1. The molecule has 1 aromatic carbocycles. The highest BCUT2D eigenvalue weighted by atomic mass is 16.5. The lowest BCUT2D eigenvalue weighted by molar-refractivity contribution is 0.0956. The van der Waals surface area contributed by atoms with Gasteiger partial charge in [-0.05, 0) is 56.9 Å². The van der Waals surface area contributed by atoms with Crippen molar-refractivity contribution in [3.05, 3.63) is 35.4 Å². The van der Waals surface area contributed by atoms with Gasteiger partial charge in [-0.3, -0.25) is 0 Å². The van der Waals surface area contributed by atoms with Crippen LogP contribution >= 0.6 is 0 Å². The highest BCUT2D eigenvalue weighted by Crippen LogP contribution is 2.22. The molecule has 1 aliphatic heterocycles. The molecule has 1 aromatic rings. The van der Waals surface area contributed by atoms with Crippen LogP contribution in [-0.4, -0.2) is 45.3 Å². The highest BCUT2D eigenvalue weighted by Gasteiger charge is 2.22. The van der Waals surface area contributed by atoms with Crippen LogP contribution in [0.25, 0.3) is 0 Å². The maximum Gasteiger partial charge on any atom is 0.0491 e. The lowest BCUT2D eigenvalue weighted by Gasteiger charge is -2.34. The van der Waals surface area contributed by atoms with Gasteiger partial charge in [-0.25, -0.2) is 0 Å². The molecule has 0 bridgehead atoms. The summed E-state index contributed by atoms with van der Waals surface area (Å²) >= 11 is 0. The summed E-state index contributed by atoms with van der Waals surface area (Å²) in [5, 5.41) is 3.48. The van der Waals surface area contributed by atoms with Gasteiger partial charge in [0.15, 0.2) is 0 Å². The predicted molar refractivity (Wildman–Crippen MR) is 84.0 cm³/mol. The van der Waals surface area contributed by atoms with Crippen molar-refractivity contribution in [2.45, 2.75) is 25.8 Å². The van der Waals surface area contributed by atoms with Crippen LogP contribution in [0.15, 0.2) is 24.3 Å². The Morgan fingerprint density at radius 3 is 2.60 bits per heavy atom. The van der Waals surface area contributed by atoms with E-state index in [1.165, 1.54) is 37.1 Å². The fraction of sp³-hybridized carbons (Fsp3) is 0.647. The first-order valence-electron chi connectivity index (χ1n) is 7.68. The summed E-state index contributed by atoms with van der Waals surface area (Å²) in [6.45, 7) is 6.60. The first kappa shape index (κ1) is 15.5. The Balaban J connectivity index is 1.90. The van der Waals surface area contributed by atoms with Gasteiger partial charge < -0.3 is 15.0 Å². The van der Waals surface area contributed by atoms with Gasteiger partial charge in [0.2, 0.25) is 0 Å². The minimum Gasteiger partial charge on any atom is -0.384 e. The van der Waals surface area contributed by atoms with Crippen LogP contribution in [0.1, 0.15) is 30.0 Å². The molecule has 20 heavy (non-hydrogen) atoms. The van der Waals surface area contributed by atoms with Crippen LogP contribution in [0.5, 0.6) is 0 Å². The summed E-state index contributed by atoms with van der Waals surface area (Å²) < 4.78 is 5.27. The number of benzene rings is 1. The van der Waals surface area contributed by atoms with Crippen LogP contribution in [0.2, 0.25) is 0 Å². The molecule has 112 valence electrons. The summed E-state index contributed by atoms with van der Waals surface area (Å²) in [6, 6.07) is 9.12. The lowest BCUT2D eigenvalue weighted by Crippen LogP contribution is -2.40. The molecule has 3 nitrogen and oxygen atoms in total. The van der Waals surface area contributed by atoms with Crippen molar-refractivity contribution in [3.63, 3.8) is 0 Å². The van der Waals surface area contributed by atoms with E-state index >= 15 is 0 Å². The standard InChI is InChI=1S/C17H28N2O/c1-14-6-4-5-7-16(14)17(18-2)12-19-10-8-15(9-11-19)13-20-3/h4-7,15,17-18H,8-13H2,1-3H3. The van der Waals surface area contributed by atoms with Crippen LogP contribution in [0.4, 0.5) is 0 Å². The topological polar surface area (TPSA) is 24.5 Å². The average Bonchev–Trinajstić information content (AvgIpc) is 2.48. The second-order valence-corrected chi connectivity index (χ2v) is 5.90. The minimum absolute atomic E-state index is 0.426. The SMILES string of the molecule is CNC(CN1CCC(COC)CC1)c1ccccc1C. The summed E-state index contributed by atoms with van der Waals surface area (Å²) in [5.41, 5.74) is 2.80. The quantitative estimate of drug-likeness (QED) is 0.864. The molecule has 1 heterocycles. The van der Waals surface area contributed by atoms with E-state index < -0.39 is 0 Å². The summed E-state index contributed by atoms with van der Waals surface area (Å²) in [4.78, 5) is 2.58. The van der Waals surface area contributed by atoms with E-state index in [2.05, 4.69) is 48.5 Å². The van der Waals surface area contributed by atoms with Gasteiger partial charge in [0.1, 0.15) is 0 Å². The van der Waals surface area contributed by atoms with Crippen molar-refractivity contribution < 1.29 is 4.74 Å². The molecule has 0 spiro atoms. The minimum atomic E-state index is 0.426. The number of hydrogen-bond acceptors (Lipinski definition) is 3. The number of likely N-dealkylation sites (tertiary alicyclic amines) is 1. The van der Waals surface area contributed by atoms with Gasteiger partial charge in [-0.2, -0.15) is 0 Å². The molecule has 0 saturated carbocycles. The lowest BCUT2D eigenvalue weighted by atomic mass is 9.96. The number of likely N-dealkylation sites (N-methyl/N-ethyl adjacent to an activating group) is 1. The maximum atomic E-state index is 5.27. The van der Waals surface area contributed by atoms with Crippen molar-refractivity contribution in [3.8, 4) is 0 Å². The van der Waals surface area contributed by atoms with E-state index in [1.54, 1.807) is 0 Å². The van der Waals surface area contributed by atoms with Crippen LogP contribution in [0, 0.1) is 12.8 Å². The number of methoxy groups -OCH3 is 1. The molecule has 0 aromatic heterocycles. The Morgan fingerprint density at radius 2 is 2.00 bits per heavy atom. The molecule has 0 amide bonds. The number of aryl methyl sites for hydroxylation is 1. The van der Waals surface area contributed by atoms with E-state index in [1.807, 2.05) is 7.11 Å². The van der Waals surface area contributed by atoms with Crippen molar-refractivity contribution >= 4 is 0 Å². The third-order valence-corrected chi connectivity index (χ3v) is 4.46. The van der Waals surface area contributed by atoms with Gasteiger partial charge in [0, 0.05) is 26.3 Å². The molecular formula is C17H28N2O. The number of rotatable bonds is 6. The highest BCUT2D eigenvalue weighted by molar-refractivity contribution is 5.29. The molecular weight excluding hydrogens is 248 g/mol. The van der Waals surface area contributed by atoms with Crippen molar-refractivity contribution in [1.29, 1.82) is 0 Å². The van der Waals surface area contributed by atoms with Gasteiger partial charge in [-0.15, -0.1) is 0 Å². The van der Waals surface area contributed by atoms with Crippen LogP contribution < -0.4 is 5.32 Å². The van der Waals surface area contributed by atoms with E-state index in [4.69, 9.17) is 4.74 Å². The predicted octanol–water partition coefficient (Wildman–Crippen LogP) is 2.61. The maximum absolute atomic E-state index is 5.27. The van der Waals surface area contributed by atoms with Crippen molar-refractivity contribution in [2.24, 2.45) is 5.92 Å². The Kier molecular flexibility index (Phi) is 6.02. The molecule has 1 unspecified atom stereocenters. The average molecular weight is 276 g/mol. The fourth-order valence-corrected chi connectivity index (χ4v) is 3.15. The molecule has 0 radical (unpaired) electrons. The molecule has 2 rings (SSSR count). The van der Waals surface area contributed by atoms with E-state index in [0.717, 1.165) is 19.1 Å². The zero-order valence-electron chi connectivity index (χ0n) is 13.1. The smallest absolute Gasteiger partial charge is 0.0491 e. The number of ether oxygens (including phenoxy) is 1. The molecule has 0 aliphatic carbocycles. The van der Waals surface area contributed by atoms with Gasteiger partial charge in [0.05, 0.1) is 0 Å². The first-order valence-corrected chi connectivity index (χ1v) is 7.68. The Hall–Kier alpha value is -0.900. The van der Waals surface area contributed by atoms with Crippen molar-refractivity contribution in [2.75, 3.05) is 40.4 Å².